The zero-order valence-electron chi connectivity index (χ0n) is 20.7. The van der Waals surface area contributed by atoms with Crippen LogP contribution in [0.5, 0.6) is 5.88 Å². The van der Waals surface area contributed by atoms with Crippen LogP contribution in [-0.2, 0) is 18.9 Å². The number of amides is 2. The fourth-order valence-electron chi connectivity index (χ4n) is 3.61. The third-order valence-electron chi connectivity index (χ3n) is 5.45. The van der Waals surface area contributed by atoms with Crippen molar-refractivity contribution in [3.63, 3.8) is 0 Å². The minimum atomic E-state index is -0.321. The van der Waals surface area contributed by atoms with Crippen molar-refractivity contribution in [2.75, 3.05) is 12.8 Å². The average Bonchev–Trinajstić information content (AvgIpc) is 3.35. The molecule has 2 amide bonds. The zero-order valence-corrected chi connectivity index (χ0v) is 21.5. The molecule has 0 radical (unpaired) electrons. The van der Waals surface area contributed by atoms with Gasteiger partial charge in [-0.1, -0.05) is 35.5 Å². The van der Waals surface area contributed by atoms with Gasteiger partial charge in [-0.15, -0.1) is 5.10 Å². The molecule has 0 spiro atoms. The Morgan fingerprint density at radius 1 is 0.973 bits per heavy atom. The summed E-state index contributed by atoms with van der Waals surface area (Å²) in [5.74, 6) is 0.570. The molecule has 0 bridgehead atoms. The van der Waals surface area contributed by atoms with Crippen molar-refractivity contribution in [2.24, 2.45) is 0 Å². The summed E-state index contributed by atoms with van der Waals surface area (Å²) in [4.78, 5) is 29.3. The first-order valence-electron chi connectivity index (χ1n) is 11.8. The molecule has 0 aliphatic rings. The first kappa shape index (κ1) is 25.9. The van der Waals surface area contributed by atoms with Gasteiger partial charge in [0.25, 0.3) is 11.8 Å². The maximum Gasteiger partial charge on any atom is 0.274 e. The van der Waals surface area contributed by atoms with Gasteiger partial charge in [-0.05, 0) is 54.6 Å². The molecular formula is C27H28N6O3S. The lowest BCUT2D eigenvalue weighted by molar-refractivity contribution is 0.0940. The van der Waals surface area contributed by atoms with Gasteiger partial charge < -0.3 is 15.4 Å². The lowest BCUT2D eigenvalue weighted by atomic mass is 10.2. The van der Waals surface area contributed by atoms with E-state index in [4.69, 9.17) is 4.74 Å². The number of ether oxygens (including phenoxy) is 1. The van der Waals surface area contributed by atoms with Crippen LogP contribution in [-0.4, -0.2) is 44.6 Å². The molecule has 4 aromatic rings. The Morgan fingerprint density at radius 3 is 2.49 bits per heavy atom. The summed E-state index contributed by atoms with van der Waals surface area (Å²) >= 11 is 1.56. The molecule has 0 aliphatic carbocycles. The van der Waals surface area contributed by atoms with Gasteiger partial charge >= 0.3 is 0 Å². The number of hydrogen-bond acceptors (Lipinski definition) is 7. The molecule has 0 saturated carbocycles. The van der Waals surface area contributed by atoms with Gasteiger partial charge in [0.05, 0.1) is 11.4 Å². The number of nitrogens with one attached hydrogen (secondary N) is 2. The minimum absolute atomic E-state index is 0.137. The molecule has 0 aliphatic heterocycles. The van der Waals surface area contributed by atoms with Gasteiger partial charge in [0.1, 0.15) is 6.61 Å². The molecular weight excluding hydrogens is 488 g/mol. The summed E-state index contributed by atoms with van der Waals surface area (Å²) in [5.41, 5.74) is 4.11. The Hall–Kier alpha value is -4.18. The van der Waals surface area contributed by atoms with E-state index < -0.39 is 0 Å². The highest BCUT2D eigenvalue weighted by Gasteiger charge is 2.20. The van der Waals surface area contributed by atoms with E-state index in [9.17, 15) is 9.59 Å². The maximum absolute atomic E-state index is 13.0. The molecule has 2 heterocycles. The molecule has 2 aromatic carbocycles. The van der Waals surface area contributed by atoms with Crippen molar-refractivity contribution in [3.8, 4) is 11.6 Å². The molecule has 4 rings (SSSR count). The molecule has 190 valence electrons. The highest BCUT2D eigenvalue weighted by Crippen LogP contribution is 2.19. The Labute approximate surface area is 219 Å². The van der Waals surface area contributed by atoms with E-state index >= 15 is 0 Å². The van der Waals surface area contributed by atoms with E-state index in [1.165, 1.54) is 0 Å². The summed E-state index contributed by atoms with van der Waals surface area (Å²) in [7, 11) is 0. The number of thioether (sulfide) groups is 1. The first-order valence-corrected chi connectivity index (χ1v) is 13.2. The van der Waals surface area contributed by atoms with Crippen LogP contribution in [0.3, 0.4) is 0 Å². The second-order valence-corrected chi connectivity index (χ2v) is 8.96. The van der Waals surface area contributed by atoms with Crippen molar-refractivity contribution in [1.29, 1.82) is 0 Å². The number of hydrogen-bond donors (Lipinski definition) is 2. The van der Waals surface area contributed by atoms with Gasteiger partial charge in [0.15, 0.2) is 5.69 Å². The quantitative estimate of drug-likeness (QED) is 0.312. The number of nitrogens with zero attached hydrogens (tertiary/aromatic N) is 4. The third-order valence-corrected chi connectivity index (χ3v) is 6.01. The molecule has 37 heavy (non-hydrogen) atoms. The predicted octanol–water partition coefficient (Wildman–Crippen LogP) is 3.78. The zero-order chi connectivity index (χ0) is 26.0. The minimum Gasteiger partial charge on any atom is -0.473 e. The van der Waals surface area contributed by atoms with E-state index in [0.717, 1.165) is 16.8 Å². The van der Waals surface area contributed by atoms with E-state index in [-0.39, 0.29) is 24.1 Å². The van der Waals surface area contributed by atoms with E-state index in [2.05, 4.69) is 25.9 Å². The molecule has 2 N–H and O–H groups in total. The highest BCUT2D eigenvalue weighted by molar-refractivity contribution is 7.97. The topological polar surface area (TPSA) is 111 Å². The fourth-order valence-corrected chi connectivity index (χ4v) is 4.14. The van der Waals surface area contributed by atoms with Crippen molar-refractivity contribution >= 4 is 23.6 Å². The Bertz CT molecular complexity index is 1340. The predicted molar refractivity (Wildman–Crippen MR) is 143 cm³/mol. The summed E-state index contributed by atoms with van der Waals surface area (Å²) in [6, 6.07) is 20.5. The van der Waals surface area contributed by atoms with Gasteiger partial charge in [0, 0.05) is 36.7 Å². The highest BCUT2D eigenvalue weighted by atomic mass is 32.2. The van der Waals surface area contributed by atoms with Gasteiger partial charge in [-0.2, -0.15) is 11.8 Å². The van der Waals surface area contributed by atoms with Crippen molar-refractivity contribution in [3.05, 3.63) is 101 Å². The Balaban J connectivity index is 1.43. The van der Waals surface area contributed by atoms with Crippen LogP contribution in [0.15, 0.2) is 72.9 Å². The normalized spacial score (nSPS) is 10.6. The van der Waals surface area contributed by atoms with E-state index in [1.54, 1.807) is 53.0 Å². The fraction of sp³-hybridized carbons (Fsp3) is 0.222. The van der Waals surface area contributed by atoms with Crippen LogP contribution in [0.1, 0.15) is 44.6 Å². The van der Waals surface area contributed by atoms with Crippen molar-refractivity contribution < 1.29 is 14.3 Å². The number of carbonyl (C=O) groups excluding carboxylic acids is 2. The number of benzene rings is 2. The smallest absolute Gasteiger partial charge is 0.274 e. The average molecular weight is 517 g/mol. The van der Waals surface area contributed by atoms with Crippen LogP contribution in [0.25, 0.3) is 5.69 Å². The Kier molecular flexibility index (Phi) is 8.88. The lowest BCUT2D eigenvalue weighted by Gasteiger charge is -2.09. The second-order valence-electron chi connectivity index (χ2n) is 8.10. The summed E-state index contributed by atoms with van der Waals surface area (Å²) in [6.45, 7) is 3.13. The van der Waals surface area contributed by atoms with Crippen LogP contribution >= 0.6 is 11.8 Å². The molecule has 0 atom stereocenters. The van der Waals surface area contributed by atoms with Crippen LogP contribution in [0, 0.1) is 0 Å². The number of rotatable bonds is 11. The lowest BCUT2D eigenvalue weighted by Crippen LogP contribution is -2.24. The maximum atomic E-state index is 13.0. The third kappa shape index (κ3) is 6.73. The summed E-state index contributed by atoms with van der Waals surface area (Å²) in [5, 5.41) is 14.1. The first-order chi connectivity index (χ1) is 18.1. The van der Waals surface area contributed by atoms with Crippen LogP contribution in [0.4, 0.5) is 0 Å². The number of carbonyl (C=O) groups is 2. The monoisotopic (exact) mass is 516 g/mol. The molecule has 9 nitrogen and oxygen atoms in total. The van der Waals surface area contributed by atoms with Gasteiger partial charge in [-0.25, -0.2) is 9.67 Å². The van der Waals surface area contributed by atoms with E-state index in [1.807, 2.05) is 49.6 Å². The summed E-state index contributed by atoms with van der Waals surface area (Å²) in [6.07, 6.45) is 3.60. The number of pyridine rings is 1. The van der Waals surface area contributed by atoms with Crippen LogP contribution in [0.2, 0.25) is 0 Å². The molecule has 0 saturated heterocycles. The van der Waals surface area contributed by atoms with Crippen molar-refractivity contribution in [1.82, 2.24) is 30.6 Å². The van der Waals surface area contributed by atoms with Crippen LogP contribution < -0.4 is 15.4 Å². The van der Waals surface area contributed by atoms with Gasteiger partial charge in [-0.3, -0.25) is 9.59 Å². The second kappa shape index (κ2) is 12.7. The van der Waals surface area contributed by atoms with Crippen molar-refractivity contribution in [2.45, 2.75) is 25.8 Å². The number of aromatic nitrogens is 4. The molecule has 0 fully saturated rings. The molecule has 0 unspecified atom stereocenters. The summed E-state index contributed by atoms with van der Waals surface area (Å²) < 4.78 is 7.42. The largest absolute Gasteiger partial charge is 0.473 e. The van der Waals surface area contributed by atoms with Gasteiger partial charge in [0.2, 0.25) is 5.88 Å². The molecule has 2 aromatic heterocycles. The van der Waals surface area contributed by atoms with E-state index in [0.29, 0.717) is 36.0 Å². The Morgan fingerprint density at radius 2 is 1.76 bits per heavy atom. The SMILES string of the molecule is CCNC(=O)c1ccc(-n2nnc(C(=O)NCc3ccnc(OCc4ccccc4)c3)c2CSC)cc1. The standard InChI is InChI=1S/C27H28N6O3S/c1-3-28-26(34)21-9-11-22(12-10-21)33-23(18-37-2)25(31-32-33)27(35)30-16-20-13-14-29-24(15-20)36-17-19-7-5-4-6-8-19/h4-15H,3,16-18H2,1-2H3,(H,28,34)(H,30,35). The molecule has 10 heteroatoms.